The first-order valence-electron chi connectivity index (χ1n) is 6.96. The lowest BCUT2D eigenvalue weighted by Gasteiger charge is -2.35. The van der Waals surface area contributed by atoms with Crippen molar-refractivity contribution in [1.29, 1.82) is 0 Å². The largest absolute Gasteiger partial charge is 0.330 e. The van der Waals surface area contributed by atoms with Gasteiger partial charge in [-0.25, -0.2) is 9.37 Å². The zero-order valence-corrected chi connectivity index (χ0v) is 11.8. The Bertz CT molecular complexity index is 573. The number of benzene rings is 1. The zero-order chi connectivity index (χ0) is 13.3. The molecular weight excluding hydrogens is 259 g/mol. The van der Waals surface area contributed by atoms with Gasteiger partial charge in [0.15, 0.2) is 0 Å². The Morgan fingerprint density at radius 3 is 2.79 bits per heavy atom. The normalized spacial score (nSPS) is 18.8. The molecule has 1 aliphatic rings. The molecule has 0 radical (unpaired) electrons. The van der Waals surface area contributed by atoms with E-state index in [0.717, 1.165) is 28.2 Å². The van der Waals surface area contributed by atoms with Crippen molar-refractivity contribution in [3.8, 4) is 0 Å². The van der Waals surface area contributed by atoms with Gasteiger partial charge in [-0.3, -0.25) is 0 Å². The van der Waals surface area contributed by atoms with E-state index >= 15 is 0 Å². The Hall–Kier alpha value is -1.00. The molecule has 0 aliphatic heterocycles. The molecule has 0 spiro atoms. The van der Waals surface area contributed by atoms with Crippen LogP contribution in [-0.2, 0) is 6.42 Å². The maximum atomic E-state index is 13.2. The predicted molar refractivity (Wildman–Crippen MR) is 77.9 cm³/mol. The third kappa shape index (κ3) is 2.65. The summed E-state index contributed by atoms with van der Waals surface area (Å²) in [4.78, 5) is 4.58. The summed E-state index contributed by atoms with van der Waals surface area (Å²) in [7, 11) is 0. The smallest absolute Gasteiger partial charge is 0.125 e. The van der Waals surface area contributed by atoms with E-state index in [2.05, 4.69) is 4.98 Å². The van der Waals surface area contributed by atoms with Crippen molar-refractivity contribution in [3.63, 3.8) is 0 Å². The third-order valence-corrected chi connectivity index (χ3v) is 5.30. The molecule has 19 heavy (non-hydrogen) atoms. The summed E-state index contributed by atoms with van der Waals surface area (Å²) < 4.78 is 14.3. The van der Waals surface area contributed by atoms with Crippen molar-refractivity contribution in [2.45, 2.75) is 38.5 Å². The lowest BCUT2D eigenvalue weighted by Crippen LogP contribution is -2.34. The van der Waals surface area contributed by atoms with E-state index in [1.54, 1.807) is 11.3 Å². The van der Waals surface area contributed by atoms with Crippen molar-refractivity contribution >= 4 is 21.6 Å². The Morgan fingerprint density at radius 2 is 2.05 bits per heavy atom. The first kappa shape index (κ1) is 13.0. The minimum atomic E-state index is -0.212. The van der Waals surface area contributed by atoms with Crippen molar-refractivity contribution in [2.75, 3.05) is 6.54 Å². The monoisotopic (exact) mass is 278 g/mol. The van der Waals surface area contributed by atoms with Crippen molar-refractivity contribution in [3.05, 3.63) is 29.0 Å². The predicted octanol–water partition coefficient (Wildman–Crippen LogP) is 3.89. The van der Waals surface area contributed by atoms with Crippen LogP contribution in [0.4, 0.5) is 4.39 Å². The number of thiazole rings is 1. The molecule has 4 heteroatoms. The fourth-order valence-electron chi connectivity index (χ4n) is 3.10. The van der Waals surface area contributed by atoms with E-state index < -0.39 is 0 Å². The van der Waals surface area contributed by atoms with Crippen LogP contribution in [-0.4, -0.2) is 11.5 Å². The third-order valence-electron chi connectivity index (χ3n) is 4.27. The van der Waals surface area contributed by atoms with Crippen LogP contribution < -0.4 is 5.73 Å². The standard InChI is InChI=1S/C15H19FN2S/c16-11-4-5-13-12(8-11)18-14(19-13)9-15(10-17)6-2-1-3-7-15/h4-5,8H,1-3,6-7,9-10,17H2. The van der Waals surface area contributed by atoms with Crippen LogP contribution >= 0.6 is 11.3 Å². The summed E-state index contributed by atoms with van der Waals surface area (Å²) in [6, 6.07) is 4.84. The quantitative estimate of drug-likeness (QED) is 0.925. The van der Waals surface area contributed by atoms with Gasteiger partial charge in [-0.1, -0.05) is 19.3 Å². The molecule has 1 fully saturated rings. The highest BCUT2D eigenvalue weighted by Gasteiger charge is 2.31. The Morgan fingerprint density at radius 1 is 1.26 bits per heavy atom. The number of aromatic nitrogens is 1. The molecule has 1 aromatic heterocycles. The molecule has 1 aromatic carbocycles. The summed E-state index contributed by atoms with van der Waals surface area (Å²) in [6.07, 6.45) is 7.23. The van der Waals surface area contributed by atoms with E-state index in [1.807, 2.05) is 6.07 Å². The maximum Gasteiger partial charge on any atom is 0.125 e. The second-order valence-electron chi connectivity index (χ2n) is 5.66. The zero-order valence-electron chi connectivity index (χ0n) is 11.0. The van der Waals surface area contributed by atoms with Gasteiger partial charge in [0.2, 0.25) is 0 Å². The number of halogens is 1. The van der Waals surface area contributed by atoms with Crippen LogP contribution in [0.15, 0.2) is 18.2 Å². The van der Waals surface area contributed by atoms with E-state index in [0.29, 0.717) is 0 Å². The molecular formula is C15H19FN2S. The molecule has 0 bridgehead atoms. The highest BCUT2D eigenvalue weighted by atomic mass is 32.1. The van der Waals surface area contributed by atoms with Gasteiger partial charge in [0.25, 0.3) is 0 Å². The molecule has 3 rings (SSSR count). The molecule has 102 valence electrons. The van der Waals surface area contributed by atoms with Crippen LogP contribution in [0.3, 0.4) is 0 Å². The van der Waals surface area contributed by atoms with Crippen LogP contribution in [0.25, 0.3) is 10.2 Å². The second kappa shape index (κ2) is 5.17. The summed E-state index contributed by atoms with van der Waals surface area (Å²) in [5, 5.41) is 1.10. The Balaban J connectivity index is 1.87. The molecule has 0 amide bonds. The SMILES string of the molecule is NCC1(Cc2nc3cc(F)ccc3s2)CCCCC1. The topological polar surface area (TPSA) is 38.9 Å². The lowest BCUT2D eigenvalue weighted by atomic mass is 9.72. The highest BCUT2D eigenvalue weighted by molar-refractivity contribution is 7.18. The van der Waals surface area contributed by atoms with Gasteiger partial charge in [-0.05, 0) is 36.9 Å². The fraction of sp³-hybridized carbons (Fsp3) is 0.533. The number of nitrogens with zero attached hydrogens (tertiary/aromatic N) is 1. The van der Waals surface area contributed by atoms with Crippen LogP contribution in [0.5, 0.6) is 0 Å². The van der Waals surface area contributed by atoms with E-state index in [-0.39, 0.29) is 11.2 Å². The number of nitrogens with two attached hydrogens (primary N) is 1. The van der Waals surface area contributed by atoms with Gasteiger partial charge in [0.05, 0.1) is 15.2 Å². The molecule has 0 unspecified atom stereocenters. The van der Waals surface area contributed by atoms with Crippen LogP contribution in [0, 0.1) is 11.2 Å². The molecule has 0 atom stereocenters. The average molecular weight is 278 g/mol. The van der Waals surface area contributed by atoms with Gasteiger partial charge in [0, 0.05) is 12.5 Å². The lowest BCUT2D eigenvalue weighted by molar-refractivity contribution is 0.197. The van der Waals surface area contributed by atoms with Gasteiger partial charge in [0.1, 0.15) is 5.82 Å². The van der Waals surface area contributed by atoms with Gasteiger partial charge in [-0.2, -0.15) is 0 Å². The van der Waals surface area contributed by atoms with Crippen molar-refractivity contribution in [2.24, 2.45) is 11.1 Å². The summed E-state index contributed by atoms with van der Waals surface area (Å²) in [5.74, 6) is -0.212. The molecule has 0 saturated heterocycles. The molecule has 1 saturated carbocycles. The summed E-state index contributed by atoms with van der Waals surface area (Å²) in [6.45, 7) is 0.733. The minimum absolute atomic E-state index is 0.212. The maximum absolute atomic E-state index is 13.2. The second-order valence-corrected chi connectivity index (χ2v) is 6.78. The molecule has 2 aromatic rings. The van der Waals surface area contributed by atoms with Crippen LogP contribution in [0.1, 0.15) is 37.1 Å². The van der Waals surface area contributed by atoms with Gasteiger partial charge >= 0.3 is 0 Å². The van der Waals surface area contributed by atoms with Crippen LogP contribution in [0.2, 0.25) is 0 Å². The Kier molecular flexibility index (Phi) is 3.54. The summed E-state index contributed by atoms with van der Waals surface area (Å²) in [5.41, 5.74) is 7.03. The first-order valence-corrected chi connectivity index (χ1v) is 7.77. The molecule has 2 nitrogen and oxygen atoms in total. The van der Waals surface area contributed by atoms with E-state index in [1.165, 1.54) is 44.2 Å². The number of fused-ring (bicyclic) bond motifs is 1. The van der Waals surface area contributed by atoms with Crippen molar-refractivity contribution < 1.29 is 4.39 Å². The highest BCUT2D eigenvalue weighted by Crippen LogP contribution is 2.39. The van der Waals surface area contributed by atoms with E-state index in [9.17, 15) is 4.39 Å². The number of hydrogen-bond donors (Lipinski definition) is 1. The Labute approximate surface area is 116 Å². The van der Waals surface area contributed by atoms with Gasteiger partial charge in [-0.15, -0.1) is 11.3 Å². The van der Waals surface area contributed by atoms with Crippen molar-refractivity contribution in [1.82, 2.24) is 4.98 Å². The number of rotatable bonds is 3. The minimum Gasteiger partial charge on any atom is -0.330 e. The van der Waals surface area contributed by atoms with Gasteiger partial charge < -0.3 is 5.73 Å². The molecule has 1 heterocycles. The number of hydrogen-bond acceptors (Lipinski definition) is 3. The first-order chi connectivity index (χ1) is 9.21. The molecule has 1 aliphatic carbocycles. The molecule has 2 N–H and O–H groups in total. The average Bonchev–Trinajstić information content (AvgIpc) is 2.81. The summed E-state index contributed by atoms with van der Waals surface area (Å²) >= 11 is 1.68. The fourth-order valence-corrected chi connectivity index (χ4v) is 4.22. The van der Waals surface area contributed by atoms with E-state index in [4.69, 9.17) is 5.73 Å².